The number of anilines is 1. The Labute approximate surface area is 217 Å². The van der Waals surface area contributed by atoms with Gasteiger partial charge in [0.1, 0.15) is 22.1 Å². The van der Waals surface area contributed by atoms with Crippen molar-refractivity contribution in [1.82, 2.24) is 19.4 Å². The number of likely N-dealkylation sites (N-methyl/N-ethyl adjacent to an activating group) is 1. The highest BCUT2D eigenvalue weighted by molar-refractivity contribution is 7.94. The predicted octanol–water partition coefficient (Wildman–Crippen LogP) is 3.05. The van der Waals surface area contributed by atoms with Crippen LogP contribution in [-0.2, 0) is 21.1 Å². The fourth-order valence-corrected chi connectivity index (χ4v) is 6.32. The number of carbonyl (C=O) groups excluding carboxylic acids is 1. The minimum atomic E-state index is -3.74. The van der Waals surface area contributed by atoms with E-state index in [1.807, 2.05) is 26.2 Å². The molecule has 0 saturated heterocycles. The van der Waals surface area contributed by atoms with Crippen LogP contribution < -0.4 is 10.9 Å². The molecule has 3 heterocycles. The third-order valence-corrected chi connectivity index (χ3v) is 8.80. The van der Waals surface area contributed by atoms with E-state index < -0.39 is 21.4 Å². The number of hydrogen-bond acceptors (Lipinski definition) is 9. The monoisotopic (exact) mass is 545 g/mol. The first kappa shape index (κ1) is 26.0. The second-order valence-corrected chi connectivity index (χ2v) is 12.4. The topological polar surface area (TPSA) is 114 Å². The van der Waals surface area contributed by atoms with Crippen molar-refractivity contribution >= 4 is 55.1 Å². The van der Waals surface area contributed by atoms with Crippen LogP contribution in [0.25, 0.3) is 16.7 Å². The zero-order chi connectivity index (χ0) is 25.9. The summed E-state index contributed by atoms with van der Waals surface area (Å²) in [6.45, 7) is 1.64. The molecule has 12 heteroatoms. The van der Waals surface area contributed by atoms with Crippen LogP contribution in [0.4, 0.5) is 5.69 Å². The van der Waals surface area contributed by atoms with Crippen LogP contribution in [0.1, 0.15) is 5.56 Å². The standard InChI is InChI=1S/C24H24ClN5O4S2/c1-29(2)10-9-26-17-4-5-19-20(12-17)28-15-30(24(19)32)22-7-3-16(13-27-22)11-18(31)14-36(33,34)23-8-6-21(25)35-23/h3-8,12-13,15,26H,9-11,14H2,1-2H3. The SMILES string of the molecule is CN(C)CCNc1ccc2c(=O)n(-c3ccc(CC(=O)CS(=O)(=O)c4ccc(Cl)s4)cn3)cnc2c1. The van der Waals surface area contributed by atoms with Gasteiger partial charge in [0, 0.05) is 31.4 Å². The van der Waals surface area contributed by atoms with Crippen LogP contribution in [0.5, 0.6) is 0 Å². The highest BCUT2D eigenvalue weighted by Gasteiger charge is 2.21. The smallest absolute Gasteiger partial charge is 0.266 e. The lowest BCUT2D eigenvalue weighted by atomic mass is 10.1. The number of fused-ring (bicyclic) bond motifs is 1. The van der Waals surface area contributed by atoms with Gasteiger partial charge in [-0.15, -0.1) is 11.3 Å². The van der Waals surface area contributed by atoms with Crippen molar-refractivity contribution in [2.75, 3.05) is 38.3 Å². The van der Waals surface area contributed by atoms with Crippen LogP contribution >= 0.6 is 22.9 Å². The Bertz CT molecular complexity index is 1560. The Hall–Kier alpha value is -3.12. The van der Waals surface area contributed by atoms with E-state index in [4.69, 9.17) is 11.6 Å². The average molecular weight is 546 g/mol. The Kier molecular flexibility index (Phi) is 7.84. The average Bonchev–Trinajstić information content (AvgIpc) is 3.27. The fraction of sp³-hybridized carbons (Fsp3) is 0.250. The van der Waals surface area contributed by atoms with Gasteiger partial charge in [-0.3, -0.25) is 14.2 Å². The molecule has 1 aromatic carbocycles. The molecule has 0 atom stereocenters. The number of nitrogens with one attached hydrogen (secondary N) is 1. The van der Waals surface area contributed by atoms with Crippen molar-refractivity contribution in [3.8, 4) is 5.82 Å². The third-order valence-electron chi connectivity index (χ3n) is 5.31. The summed E-state index contributed by atoms with van der Waals surface area (Å²) < 4.78 is 26.5. The van der Waals surface area contributed by atoms with Crippen LogP contribution in [0.3, 0.4) is 0 Å². The lowest BCUT2D eigenvalue weighted by molar-refractivity contribution is -0.116. The molecule has 188 valence electrons. The zero-order valence-electron chi connectivity index (χ0n) is 19.6. The molecule has 0 aliphatic rings. The summed E-state index contributed by atoms with van der Waals surface area (Å²) in [6.07, 6.45) is 2.77. The van der Waals surface area contributed by atoms with Gasteiger partial charge < -0.3 is 10.2 Å². The Morgan fingerprint density at radius 1 is 1.14 bits per heavy atom. The first-order valence-corrected chi connectivity index (χ1v) is 13.8. The quantitative estimate of drug-likeness (QED) is 0.323. The lowest BCUT2D eigenvalue weighted by Gasteiger charge is -2.12. The molecule has 0 saturated carbocycles. The van der Waals surface area contributed by atoms with Gasteiger partial charge in [-0.25, -0.2) is 18.4 Å². The van der Waals surface area contributed by atoms with Gasteiger partial charge in [-0.05, 0) is 56.1 Å². The van der Waals surface area contributed by atoms with Crippen LogP contribution in [0.15, 0.2) is 64.0 Å². The fourth-order valence-electron chi connectivity index (χ4n) is 3.51. The van der Waals surface area contributed by atoms with Crippen molar-refractivity contribution in [3.63, 3.8) is 0 Å². The summed E-state index contributed by atoms with van der Waals surface area (Å²) in [5.41, 5.74) is 1.72. The van der Waals surface area contributed by atoms with Gasteiger partial charge in [-0.2, -0.15) is 0 Å². The summed E-state index contributed by atoms with van der Waals surface area (Å²) in [5.74, 6) is -0.737. The Balaban J connectivity index is 1.46. The number of sulfone groups is 1. The summed E-state index contributed by atoms with van der Waals surface area (Å²) in [5, 5.41) is 3.76. The van der Waals surface area contributed by atoms with Crippen molar-refractivity contribution in [2.45, 2.75) is 10.6 Å². The highest BCUT2D eigenvalue weighted by atomic mass is 35.5. The number of benzene rings is 1. The summed E-state index contributed by atoms with van der Waals surface area (Å²) in [6, 6.07) is 11.5. The predicted molar refractivity (Wildman–Crippen MR) is 142 cm³/mol. The number of aromatic nitrogens is 3. The van der Waals surface area contributed by atoms with E-state index in [9.17, 15) is 18.0 Å². The molecule has 36 heavy (non-hydrogen) atoms. The van der Waals surface area contributed by atoms with Crippen LogP contribution in [-0.4, -0.2) is 66.6 Å². The molecule has 4 aromatic rings. The molecule has 9 nitrogen and oxygen atoms in total. The molecule has 4 rings (SSSR count). The third kappa shape index (κ3) is 6.16. The lowest BCUT2D eigenvalue weighted by Crippen LogP contribution is -2.21. The van der Waals surface area contributed by atoms with Gasteiger partial charge in [0.2, 0.25) is 0 Å². The molecular formula is C24H24ClN5O4S2. The summed E-state index contributed by atoms with van der Waals surface area (Å²) in [7, 11) is 0.251. The largest absolute Gasteiger partial charge is 0.384 e. The van der Waals surface area contributed by atoms with Gasteiger partial charge in [-0.1, -0.05) is 17.7 Å². The van der Waals surface area contributed by atoms with Gasteiger partial charge in [0.15, 0.2) is 15.6 Å². The number of thiophene rings is 1. The number of nitrogens with zero attached hydrogens (tertiary/aromatic N) is 4. The van der Waals surface area contributed by atoms with E-state index >= 15 is 0 Å². The van der Waals surface area contributed by atoms with E-state index in [1.54, 1.807) is 18.2 Å². The van der Waals surface area contributed by atoms with Crippen molar-refractivity contribution < 1.29 is 13.2 Å². The van der Waals surface area contributed by atoms with Gasteiger partial charge >= 0.3 is 0 Å². The van der Waals surface area contributed by atoms with Crippen LogP contribution in [0, 0.1) is 0 Å². The minimum absolute atomic E-state index is 0.0639. The molecular weight excluding hydrogens is 522 g/mol. The minimum Gasteiger partial charge on any atom is -0.384 e. The van der Waals surface area contributed by atoms with Crippen molar-refractivity contribution in [3.05, 3.63) is 75.2 Å². The molecule has 0 radical (unpaired) electrons. The number of ketones is 1. The molecule has 1 N–H and O–H groups in total. The first-order valence-electron chi connectivity index (χ1n) is 11.0. The highest BCUT2D eigenvalue weighted by Crippen LogP contribution is 2.26. The maximum absolute atomic E-state index is 13.0. The van der Waals surface area contributed by atoms with Crippen molar-refractivity contribution in [1.29, 1.82) is 0 Å². The number of rotatable bonds is 10. The van der Waals surface area contributed by atoms with E-state index in [2.05, 4.69) is 20.2 Å². The van der Waals surface area contributed by atoms with E-state index in [0.717, 1.165) is 30.1 Å². The molecule has 0 bridgehead atoms. The number of halogens is 1. The summed E-state index contributed by atoms with van der Waals surface area (Å²) in [4.78, 5) is 36.2. The molecule has 0 amide bonds. The van der Waals surface area contributed by atoms with E-state index in [-0.39, 0.29) is 16.2 Å². The Morgan fingerprint density at radius 3 is 2.61 bits per heavy atom. The first-order chi connectivity index (χ1) is 17.1. The number of pyridine rings is 1. The normalized spacial score (nSPS) is 11.8. The van der Waals surface area contributed by atoms with Crippen LogP contribution in [0.2, 0.25) is 4.34 Å². The molecule has 0 aliphatic heterocycles. The molecule has 0 aliphatic carbocycles. The molecule has 3 aromatic heterocycles. The Morgan fingerprint density at radius 2 is 1.94 bits per heavy atom. The maximum atomic E-state index is 13.0. The van der Waals surface area contributed by atoms with Crippen molar-refractivity contribution in [2.24, 2.45) is 0 Å². The van der Waals surface area contributed by atoms with Gasteiger partial charge in [0.25, 0.3) is 5.56 Å². The second-order valence-electron chi connectivity index (χ2n) is 8.44. The van der Waals surface area contributed by atoms with E-state index in [0.29, 0.717) is 26.6 Å². The molecule has 0 unspecified atom stereocenters. The number of hydrogen-bond donors (Lipinski definition) is 1. The maximum Gasteiger partial charge on any atom is 0.266 e. The van der Waals surface area contributed by atoms with E-state index in [1.165, 1.54) is 29.2 Å². The number of Topliss-reactive ketones (excluding diaryl/α,β-unsaturated/α-hetero) is 1. The summed E-state index contributed by atoms with van der Waals surface area (Å²) >= 11 is 6.72. The second kappa shape index (κ2) is 10.9. The zero-order valence-corrected chi connectivity index (χ0v) is 22.0. The molecule has 0 spiro atoms. The molecule has 0 fully saturated rings. The van der Waals surface area contributed by atoms with Gasteiger partial charge in [0.05, 0.1) is 15.2 Å². The number of carbonyl (C=O) groups is 1.